The van der Waals surface area contributed by atoms with Gasteiger partial charge in [0.15, 0.2) is 0 Å². The van der Waals surface area contributed by atoms with Crippen LogP contribution in [0.4, 0.5) is 0 Å². The largest absolute Gasteiger partial charge is 0.396 e. The maximum absolute atomic E-state index is 8.69. The summed E-state index contributed by atoms with van der Waals surface area (Å²) in [6.45, 7) is 3.44. The molecule has 4 heteroatoms. The zero-order valence-electron chi connectivity index (χ0n) is 7.89. The van der Waals surface area contributed by atoms with Gasteiger partial charge in [0, 0.05) is 36.5 Å². The van der Waals surface area contributed by atoms with Crippen molar-refractivity contribution < 1.29 is 5.11 Å². The number of hydrogen-bond donors (Lipinski definition) is 1. The summed E-state index contributed by atoms with van der Waals surface area (Å²) < 4.78 is 2.07. The minimum atomic E-state index is 0.291. The van der Waals surface area contributed by atoms with E-state index in [0.717, 1.165) is 18.7 Å². The molecule has 0 fully saturated rings. The third-order valence-corrected chi connectivity index (χ3v) is 3.07. The minimum Gasteiger partial charge on any atom is -0.396 e. The van der Waals surface area contributed by atoms with Gasteiger partial charge >= 0.3 is 0 Å². The van der Waals surface area contributed by atoms with E-state index in [4.69, 9.17) is 5.11 Å². The van der Waals surface area contributed by atoms with E-state index in [0.29, 0.717) is 11.9 Å². The number of imidazole rings is 1. The summed E-state index contributed by atoms with van der Waals surface area (Å²) in [7, 11) is 0. The van der Waals surface area contributed by atoms with Crippen molar-refractivity contribution in [3.63, 3.8) is 0 Å². The van der Waals surface area contributed by atoms with Crippen LogP contribution in [0, 0.1) is 0 Å². The van der Waals surface area contributed by atoms with Gasteiger partial charge in [0.05, 0.1) is 6.33 Å². The average molecular weight is 200 g/mol. The maximum Gasteiger partial charge on any atom is 0.0946 e. The van der Waals surface area contributed by atoms with Crippen molar-refractivity contribution in [3.05, 3.63) is 18.7 Å². The van der Waals surface area contributed by atoms with E-state index < -0.39 is 0 Å². The lowest BCUT2D eigenvalue weighted by molar-refractivity contribution is 0.289. The Morgan fingerprint density at radius 1 is 1.62 bits per heavy atom. The molecule has 1 heterocycles. The minimum absolute atomic E-state index is 0.291. The summed E-state index contributed by atoms with van der Waals surface area (Å²) in [6, 6.07) is 0. The summed E-state index contributed by atoms with van der Waals surface area (Å²) >= 11 is 1.89. The van der Waals surface area contributed by atoms with Crippen LogP contribution in [-0.2, 0) is 6.54 Å². The number of nitrogens with zero attached hydrogens (tertiary/aromatic N) is 2. The van der Waals surface area contributed by atoms with Gasteiger partial charge in [-0.25, -0.2) is 4.98 Å². The lowest BCUT2D eigenvalue weighted by Gasteiger charge is -2.08. The second-order valence-corrected chi connectivity index (χ2v) is 4.54. The SMILES string of the molecule is CC(CCO)SCCn1ccnc1. The molecule has 0 radical (unpaired) electrons. The van der Waals surface area contributed by atoms with Crippen LogP contribution < -0.4 is 0 Å². The van der Waals surface area contributed by atoms with Crippen LogP contribution >= 0.6 is 11.8 Å². The Labute approximate surface area is 83.2 Å². The van der Waals surface area contributed by atoms with E-state index in [1.54, 1.807) is 6.20 Å². The molecular formula is C9H16N2OS. The quantitative estimate of drug-likeness (QED) is 0.754. The average Bonchev–Trinajstić information content (AvgIpc) is 2.57. The molecular weight excluding hydrogens is 184 g/mol. The van der Waals surface area contributed by atoms with Gasteiger partial charge in [-0.15, -0.1) is 0 Å². The van der Waals surface area contributed by atoms with E-state index in [1.165, 1.54) is 0 Å². The van der Waals surface area contributed by atoms with Crippen LogP contribution in [0.25, 0.3) is 0 Å². The van der Waals surface area contributed by atoms with Gasteiger partial charge in [0.1, 0.15) is 0 Å². The van der Waals surface area contributed by atoms with Gasteiger partial charge < -0.3 is 9.67 Å². The molecule has 13 heavy (non-hydrogen) atoms. The molecule has 1 aromatic heterocycles. The van der Waals surface area contributed by atoms with Gasteiger partial charge in [0.2, 0.25) is 0 Å². The van der Waals surface area contributed by atoms with Gasteiger partial charge in [-0.3, -0.25) is 0 Å². The van der Waals surface area contributed by atoms with E-state index in [-0.39, 0.29) is 0 Å². The Hall–Kier alpha value is -0.480. The molecule has 0 amide bonds. The first-order chi connectivity index (χ1) is 6.33. The first-order valence-electron chi connectivity index (χ1n) is 4.51. The molecule has 0 aliphatic carbocycles. The monoisotopic (exact) mass is 200 g/mol. The number of rotatable bonds is 6. The van der Waals surface area contributed by atoms with E-state index in [2.05, 4.69) is 16.5 Å². The summed E-state index contributed by atoms with van der Waals surface area (Å²) in [6.07, 6.45) is 6.48. The lowest BCUT2D eigenvalue weighted by atomic mass is 10.3. The Kier molecular flexibility index (Phi) is 4.93. The molecule has 3 nitrogen and oxygen atoms in total. The molecule has 0 saturated heterocycles. The molecule has 0 spiro atoms. The zero-order valence-corrected chi connectivity index (χ0v) is 8.70. The summed E-state index contributed by atoms with van der Waals surface area (Å²) in [5, 5.41) is 9.24. The van der Waals surface area contributed by atoms with Crippen molar-refractivity contribution in [3.8, 4) is 0 Å². The molecule has 1 atom stereocenters. The van der Waals surface area contributed by atoms with Crippen LogP contribution in [0.5, 0.6) is 0 Å². The van der Waals surface area contributed by atoms with Gasteiger partial charge in [-0.1, -0.05) is 6.92 Å². The van der Waals surface area contributed by atoms with Gasteiger partial charge in [0.25, 0.3) is 0 Å². The van der Waals surface area contributed by atoms with Crippen molar-refractivity contribution in [1.29, 1.82) is 0 Å². The highest BCUT2D eigenvalue weighted by Gasteiger charge is 2.00. The fourth-order valence-corrected chi connectivity index (χ4v) is 2.03. The van der Waals surface area contributed by atoms with Crippen LogP contribution in [0.3, 0.4) is 0 Å². The van der Waals surface area contributed by atoms with Crippen molar-refractivity contribution >= 4 is 11.8 Å². The molecule has 0 bridgehead atoms. The third-order valence-electron chi connectivity index (χ3n) is 1.85. The highest BCUT2D eigenvalue weighted by molar-refractivity contribution is 7.99. The topological polar surface area (TPSA) is 38.0 Å². The molecule has 0 aliphatic heterocycles. The summed E-state index contributed by atoms with van der Waals surface area (Å²) in [5.74, 6) is 1.08. The number of aryl methyl sites for hydroxylation is 1. The molecule has 1 rings (SSSR count). The van der Waals surface area contributed by atoms with Gasteiger partial charge in [-0.2, -0.15) is 11.8 Å². The molecule has 1 unspecified atom stereocenters. The molecule has 0 aliphatic rings. The fraction of sp³-hybridized carbons (Fsp3) is 0.667. The number of aromatic nitrogens is 2. The van der Waals surface area contributed by atoms with Crippen molar-refractivity contribution in [2.45, 2.75) is 25.1 Å². The van der Waals surface area contributed by atoms with E-state index in [9.17, 15) is 0 Å². The van der Waals surface area contributed by atoms with Gasteiger partial charge in [-0.05, 0) is 6.42 Å². The first-order valence-corrected chi connectivity index (χ1v) is 5.56. The predicted octanol–water partition coefficient (Wildman–Crippen LogP) is 1.39. The molecule has 0 aromatic carbocycles. The lowest BCUT2D eigenvalue weighted by Crippen LogP contribution is -2.04. The Morgan fingerprint density at radius 2 is 2.46 bits per heavy atom. The number of aliphatic hydroxyl groups excluding tert-OH is 1. The second-order valence-electron chi connectivity index (χ2n) is 2.99. The number of hydrogen-bond acceptors (Lipinski definition) is 3. The highest BCUT2D eigenvalue weighted by atomic mass is 32.2. The highest BCUT2D eigenvalue weighted by Crippen LogP contribution is 2.13. The first kappa shape index (κ1) is 10.6. The van der Waals surface area contributed by atoms with Crippen LogP contribution in [0.1, 0.15) is 13.3 Å². The molecule has 1 N–H and O–H groups in total. The van der Waals surface area contributed by atoms with Crippen molar-refractivity contribution in [2.24, 2.45) is 0 Å². The smallest absolute Gasteiger partial charge is 0.0946 e. The normalized spacial score (nSPS) is 13.1. The number of thioether (sulfide) groups is 1. The number of aliphatic hydroxyl groups is 1. The Morgan fingerprint density at radius 3 is 3.08 bits per heavy atom. The van der Waals surface area contributed by atoms with E-state index in [1.807, 2.05) is 24.3 Å². The Bertz CT molecular complexity index is 213. The standard InChI is InChI=1S/C9H16N2OS/c1-9(2-6-12)13-7-5-11-4-3-10-8-11/h3-4,8-9,12H,2,5-7H2,1H3. The third kappa shape index (κ3) is 4.33. The fourth-order valence-electron chi connectivity index (χ4n) is 1.04. The zero-order chi connectivity index (χ0) is 9.52. The maximum atomic E-state index is 8.69. The second kappa shape index (κ2) is 6.05. The van der Waals surface area contributed by atoms with E-state index >= 15 is 0 Å². The summed E-state index contributed by atoms with van der Waals surface area (Å²) in [5.41, 5.74) is 0. The predicted molar refractivity (Wildman–Crippen MR) is 55.8 cm³/mol. The molecule has 1 aromatic rings. The van der Waals surface area contributed by atoms with Crippen LogP contribution in [-0.4, -0.2) is 32.3 Å². The van der Waals surface area contributed by atoms with Crippen molar-refractivity contribution in [1.82, 2.24) is 9.55 Å². The van der Waals surface area contributed by atoms with Crippen LogP contribution in [0.15, 0.2) is 18.7 Å². The summed E-state index contributed by atoms with van der Waals surface area (Å²) in [4.78, 5) is 3.97. The molecule has 0 saturated carbocycles. The molecule has 74 valence electrons. The Balaban J connectivity index is 2.07. The van der Waals surface area contributed by atoms with Crippen LogP contribution in [0.2, 0.25) is 0 Å². The van der Waals surface area contributed by atoms with Crippen molar-refractivity contribution in [2.75, 3.05) is 12.4 Å².